The van der Waals surface area contributed by atoms with Crippen LogP contribution >= 0.6 is 23.2 Å². The Labute approximate surface area is 185 Å². The van der Waals surface area contributed by atoms with Crippen molar-refractivity contribution < 1.29 is 28.6 Å². The van der Waals surface area contributed by atoms with E-state index in [1.54, 1.807) is 13.8 Å². The standard InChI is InChI=1S/C20H26Cl2N2O6/c1-3-28-17(25)11-24-6-5-13(10-24)9-23-20(27)15-7-14(21)8-16(22)19(15)30-12-18(26)29-4-2/h7-8,13H,3-6,9-12H2,1-2H3,(H,23,27). The number of benzene rings is 1. The minimum Gasteiger partial charge on any atom is -0.479 e. The molecule has 1 N–H and O–H groups in total. The van der Waals surface area contributed by atoms with Gasteiger partial charge in [-0.3, -0.25) is 14.5 Å². The first-order chi connectivity index (χ1) is 14.3. The Balaban J connectivity index is 1.95. The fraction of sp³-hybridized carbons (Fsp3) is 0.550. The first-order valence-electron chi connectivity index (χ1n) is 9.77. The normalized spacial score (nSPS) is 16.2. The second-order valence-corrected chi connectivity index (χ2v) is 7.61. The minimum absolute atomic E-state index is 0.0713. The van der Waals surface area contributed by atoms with Gasteiger partial charge >= 0.3 is 11.9 Å². The van der Waals surface area contributed by atoms with Crippen molar-refractivity contribution in [1.82, 2.24) is 10.2 Å². The fourth-order valence-electron chi connectivity index (χ4n) is 3.15. The molecule has 1 aliphatic rings. The van der Waals surface area contributed by atoms with Crippen LogP contribution in [0.15, 0.2) is 12.1 Å². The Hall–Kier alpha value is -2.03. The number of hydrogen-bond donors (Lipinski definition) is 1. The number of nitrogens with one attached hydrogen (secondary N) is 1. The first-order valence-corrected chi connectivity index (χ1v) is 10.5. The maximum atomic E-state index is 12.7. The number of likely N-dealkylation sites (tertiary alicyclic amines) is 1. The molecular formula is C20H26Cl2N2O6. The number of halogens is 2. The van der Waals surface area contributed by atoms with E-state index in [0.717, 1.165) is 13.0 Å². The highest BCUT2D eigenvalue weighted by molar-refractivity contribution is 6.36. The van der Waals surface area contributed by atoms with Gasteiger partial charge in [0, 0.05) is 18.1 Å². The van der Waals surface area contributed by atoms with E-state index in [1.165, 1.54) is 12.1 Å². The van der Waals surface area contributed by atoms with Crippen LogP contribution in [-0.2, 0) is 19.1 Å². The van der Waals surface area contributed by atoms with Crippen LogP contribution in [0.4, 0.5) is 0 Å². The molecule has 1 amide bonds. The van der Waals surface area contributed by atoms with Gasteiger partial charge in [-0.15, -0.1) is 0 Å². The number of rotatable bonds is 10. The van der Waals surface area contributed by atoms with Gasteiger partial charge in [0.25, 0.3) is 5.91 Å². The second kappa shape index (κ2) is 12.0. The lowest BCUT2D eigenvalue weighted by Crippen LogP contribution is -2.33. The summed E-state index contributed by atoms with van der Waals surface area (Å²) in [7, 11) is 0. The molecule has 30 heavy (non-hydrogen) atoms. The highest BCUT2D eigenvalue weighted by atomic mass is 35.5. The van der Waals surface area contributed by atoms with Gasteiger partial charge in [0.05, 0.1) is 30.3 Å². The summed E-state index contributed by atoms with van der Waals surface area (Å²) >= 11 is 12.2. The van der Waals surface area contributed by atoms with Gasteiger partial charge in [-0.05, 0) is 44.9 Å². The van der Waals surface area contributed by atoms with E-state index in [9.17, 15) is 14.4 Å². The third-order valence-electron chi connectivity index (χ3n) is 4.47. The molecule has 166 valence electrons. The molecule has 8 nitrogen and oxygen atoms in total. The van der Waals surface area contributed by atoms with Gasteiger partial charge in [-0.2, -0.15) is 0 Å². The lowest BCUT2D eigenvalue weighted by molar-refractivity contribution is -0.145. The molecule has 0 saturated carbocycles. The van der Waals surface area contributed by atoms with E-state index in [-0.39, 0.29) is 53.0 Å². The Morgan fingerprint density at radius 2 is 1.83 bits per heavy atom. The number of carbonyl (C=O) groups is 3. The monoisotopic (exact) mass is 460 g/mol. The van der Waals surface area contributed by atoms with Crippen molar-refractivity contribution >= 4 is 41.0 Å². The molecule has 1 unspecified atom stereocenters. The summed E-state index contributed by atoms with van der Waals surface area (Å²) in [6.45, 7) is 5.76. The molecule has 0 aliphatic carbocycles. The lowest BCUT2D eigenvalue weighted by Gasteiger charge is -2.16. The number of ether oxygens (including phenoxy) is 3. The van der Waals surface area contributed by atoms with Crippen LogP contribution in [0.2, 0.25) is 10.0 Å². The summed E-state index contributed by atoms with van der Waals surface area (Å²) in [5, 5.41) is 3.25. The molecule has 1 aromatic carbocycles. The van der Waals surface area contributed by atoms with E-state index in [1.807, 2.05) is 4.90 Å². The Morgan fingerprint density at radius 3 is 2.53 bits per heavy atom. The van der Waals surface area contributed by atoms with Gasteiger partial charge < -0.3 is 19.5 Å². The highest BCUT2D eigenvalue weighted by Crippen LogP contribution is 2.32. The van der Waals surface area contributed by atoms with Gasteiger partial charge in [0.15, 0.2) is 12.4 Å². The molecular weight excluding hydrogens is 435 g/mol. The van der Waals surface area contributed by atoms with Gasteiger partial charge in [0.2, 0.25) is 0 Å². The van der Waals surface area contributed by atoms with Crippen LogP contribution in [0.5, 0.6) is 5.75 Å². The quantitative estimate of drug-likeness (QED) is 0.536. The van der Waals surface area contributed by atoms with Crippen LogP contribution in [-0.4, -0.2) is 68.7 Å². The lowest BCUT2D eigenvalue weighted by atomic mass is 10.1. The second-order valence-electron chi connectivity index (χ2n) is 6.76. The van der Waals surface area contributed by atoms with Crippen molar-refractivity contribution in [3.8, 4) is 5.75 Å². The number of nitrogens with zero attached hydrogens (tertiary/aromatic N) is 1. The Kier molecular flexibility index (Phi) is 9.68. The topological polar surface area (TPSA) is 94.2 Å². The number of esters is 2. The average molecular weight is 461 g/mol. The summed E-state index contributed by atoms with van der Waals surface area (Å²) in [6.07, 6.45) is 0.849. The van der Waals surface area contributed by atoms with Gasteiger partial charge in [-0.25, -0.2) is 4.79 Å². The summed E-state index contributed by atoms with van der Waals surface area (Å²) in [6, 6.07) is 2.87. The van der Waals surface area contributed by atoms with E-state index in [2.05, 4.69) is 5.32 Å². The molecule has 2 rings (SSSR count). The molecule has 1 atom stereocenters. The van der Waals surface area contributed by atoms with Crippen molar-refractivity contribution in [3.63, 3.8) is 0 Å². The molecule has 1 aliphatic heterocycles. The zero-order valence-electron chi connectivity index (χ0n) is 17.0. The van der Waals surface area contributed by atoms with Crippen molar-refractivity contribution in [1.29, 1.82) is 0 Å². The Bertz CT molecular complexity index is 774. The summed E-state index contributed by atoms with van der Waals surface area (Å²) in [5.74, 6) is -0.965. The zero-order chi connectivity index (χ0) is 22.1. The Morgan fingerprint density at radius 1 is 1.13 bits per heavy atom. The largest absolute Gasteiger partial charge is 0.479 e. The minimum atomic E-state index is -0.567. The van der Waals surface area contributed by atoms with Gasteiger partial charge in [-0.1, -0.05) is 23.2 Å². The van der Waals surface area contributed by atoms with Crippen LogP contribution in [0.25, 0.3) is 0 Å². The number of amides is 1. The van der Waals surface area contributed by atoms with Crippen molar-refractivity contribution in [2.75, 3.05) is 46.0 Å². The SMILES string of the molecule is CCOC(=O)COc1c(Cl)cc(Cl)cc1C(=O)NCC1CCN(CC(=O)OCC)C1. The van der Waals surface area contributed by atoms with E-state index in [4.69, 9.17) is 37.4 Å². The molecule has 1 heterocycles. The average Bonchev–Trinajstić information content (AvgIpc) is 3.12. The van der Waals surface area contributed by atoms with Crippen molar-refractivity contribution in [3.05, 3.63) is 27.7 Å². The maximum Gasteiger partial charge on any atom is 0.344 e. The number of hydrogen-bond acceptors (Lipinski definition) is 7. The van der Waals surface area contributed by atoms with E-state index >= 15 is 0 Å². The predicted octanol–water partition coefficient (Wildman–Crippen LogP) is 2.55. The molecule has 0 radical (unpaired) electrons. The van der Waals surface area contributed by atoms with Crippen molar-refractivity contribution in [2.24, 2.45) is 5.92 Å². The zero-order valence-corrected chi connectivity index (χ0v) is 18.6. The molecule has 1 aromatic rings. The van der Waals surface area contributed by atoms with E-state index in [0.29, 0.717) is 19.7 Å². The van der Waals surface area contributed by atoms with E-state index < -0.39 is 11.9 Å². The van der Waals surface area contributed by atoms with Crippen LogP contribution < -0.4 is 10.1 Å². The molecule has 10 heteroatoms. The van der Waals surface area contributed by atoms with Crippen LogP contribution in [0.3, 0.4) is 0 Å². The van der Waals surface area contributed by atoms with Crippen LogP contribution in [0.1, 0.15) is 30.6 Å². The highest BCUT2D eigenvalue weighted by Gasteiger charge is 2.26. The first kappa shape index (κ1) is 24.2. The maximum absolute atomic E-state index is 12.7. The molecule has 0 bridgehead atoms. The van der Waals surface area contributed by atoms with Crippen molar-refractivity contribution in [2.45, 2.75) is 20.3 Å². The molecule has 1 fully saturated rings. The van der Waals surface area contributed by atoms with Gasteiger partial charge in [0.1, 0.15) is 0 Å². The smallest absolute Gasteiger partial charge is 0.344 e. The number of carbonyl (C=O) groups excluding carboxylic acids is 3. The summed E-state index contributed by atoms with van der Waals surface area (Å²) in [5.41, 5.74) is 0.137. The third kappa shape index (κ3) is 7.34. The fourth-order valence-corrected chi connectivity index (χ4v) is 3.70. The van der Waals surface area contributed by atoms with Crippen LogP contribution in [0, 0.1) is 5.92 Å². The summed E-state index contributed by atoms with van der Waals surface area (Å²) in [4.78, 5) is 37.9. The molecule has 1 saturated heterocycles. The third-order valence-corrected chi connectivity index (χ3v) is 4.97. The molecule has 0 spiro atoms. The summed E-state index contributed by atoms with van der Waals surface area (Å²) < 4.78 is 15.2. The predicted molar refractivity (Wildman–Crippen MR) is 112 cm³/mol. The molecule has 0 aromatic heterocycles.